The highest BCUT2D eigenvalue weighted by atomic mass is 15.1. The van der Waals surface area contributed by atoms with Crippen molar-refractivity contribution in [3.63, 3.8) is 0 Å². The molecule has 104 valence electrons. The molecule has 1 aliphatic rings. The summed E-state index contributed by atoms with van der Waals surface area (Å²) < 4.78 is 0. The molecule has 20 heavy (non-hydrogen) atoms. The van der Waals surface area contributed by atoms with Gasteiger partial charge in [0.1, 0.15) is 0 Å². The van der Waals surface area contributed by atoms with Crippen LogP contribution in [0.2, 0.25) is 0 Å². The van der Waals surface area contributed by atoms with Gasteiger partial charge in [-0.25, -0.2) is 9.97 Å². The van der Waals surface area contributed by atoms with Crippen LogP contribution in [0.4, 0.5) is 5.95 Å². The Morgan fingerprint density at radius 2 is 1.95 bits per heavy atom. The number of hydrogen-bond donors (Lipinski definition) is 2. The van der Waals surface area contributed by atoms with Crippen molar-refractivity contribution in [2.45, 2.75) is 12.8 Å². The van der Waals surface area contributed by atoms with Gasteiger partial charge < -0.3 is 10.6 Å². The van der Waals surface area contributed by atoms with E-state index in [1.165, 1.54) is 12.8 Å². The Morgan fingerprint density at radius 1 is 1.15 bits per heavy atom. The average Bonchev–Trinajstić information content (AvgIpc) is 3.02. The van der Waals surface area contributed by atoms with Gasteiger partial charge in [-0.3, -0.25) is 4.98 Å². The standard InChI is InChI=1S/C15H19N5/c1-5-17-9-12(1)2-8-18-15-19-10-14(11-20-15)13-3-6-16-7-4-13/h3-4,6-7,10-12,17H,1-2,5,8-9H2,(H,18,19,20). The molecule has 1 aliphatic heterocycles. The maximum absolute atomic E-state index is 4.36. The zero-order chi connectivity index (χ0) is 13.6. The van der Waals surface area contributed by atoms with Gasteiger partial charge >= 0.3 is 0 Å². The Kier molecular flexibility index (Phi) is 4.18. The quantitative estimate of drug-likeness (QED) is 0.868. The Balaban J connectivity index is 1.53. The predicted octanol–water partition coefficient (Wildman–Crippen LogP) is 1.95. The fourth-order valence-corrected chi connectivity index (χ4v) is 2.46. The lowest BCUT2D eigenvalue weighted by atomic mass is 10.1. The summed E-state index contributed by atoms with van der Waals surface area (Å²) >= 11 is 0. The van der Waals surface area contributed by atoms with Crippen molar-refractivity contribution in [1.29, 1.82) is 0 Å². The second-order valence-corrected chi connectivity index (χ2v) is 5.11. The highest BCUT2D eigenvalue weighted by molar-refractivity contribution is 5.61. The molecule has 5 nitrogen and oxygen atoms in total. The van der Waals surface area contributed by atoms with Crippen LogP contribution in [0, 0.1) is 5.92 Å². The lowest BCUT2D eigenvalue weighted by Crippen LogP contribution is -2.13. The van der Waals surface area contributed by atoms with Gasteiger partial charge in [-0.2, -0.15) is 0 Å². The van der Waals surface area contributed by atoms with E-state index in [9.17, 15) is 0 Å². The Bertz CT molecular complexity index is 520. The summed E-state index contributed by atoms with van der Waals surface area (Å²) in [5, 5.41) is 6.67. The third-order valence-electron chi connectivity index (χ3n) is 3.66. The third-order valence-corrected chi connectivity index (χ3v) is 3.66. The van der Waals surface area contributed by atoms with Gasteiger partial charge in [0, 0.05) is 36.9 Å². The maximum Gasteiger partial charge on any atom is 0.222 e. The number of nitrogens with one attached hydrogen (secondary N) is 2. The molecule has 1 atom stereocenters. The normalized spacial score (nSPS) is 18.1. The van der Waals surface area contributed by atoms with Crippen molar-refractivity contribution < 1.29 is 0 Å². The molecule has 3 heterocycles. The van der Waals surface area contributed by atoms with Crippen LogP contribution in [0.5, 0.6) is 0 Å². The zero-order valence-electron chi connectivity index (χ0n) is 11.4. The van der Waals surface area contributed by atoms with Crippen molar-refractivity contribution in [2.75, 3.05) is 25.0 Å². The van der Waals surface area contributed by atoms with Crippen molar-refractivity contribution in [3.05, 3.63) is 36.9 Å². The van der Waals surface area contributed by atoms with E-state index < -0.39 is 0 Å². The van der Waals surface area contributed by atoms with E-state index in [0.717, 1.165) is 36.7 Å². The van der Waals surface area contributed by atoms with E-state index in [1.54, 1.807) is 12.4 Å². The summed E-state index contributed by atoms with van der Waals surface area (Å²) in [5.41, 5.74) is 2.10. The van der Waals surface area contributed by atoms with Gasteiger partial charge in [-0.15, -0.1) is 0 Å². The summed E-state index contributed by atoms with van der Waals surface area (Å²) in [5.74, 6) is 1.49. The summed E-state index contributed by atoms with van der Waals surface area (Å²) in [6.45, 7) is 3.23. The van der Waals surface area contributed by atoms with Crippen LogP contribution in [-0.4, -0.2) is 34.6 Å². The van der Waals surface area contributed by atoms with Crippen LogP contribution < -0.4 is 10.6 Å². The van der Waals surface area contributed by atoms with Crippen molar-refractivity contribution in [2.24, 2.45) is 5.92 Å². The van der Waals surface area contributed by atoms with E-state index in [-0.39, 0.29) is 0 Å². The molecular weight excluding hydrogens is 250 g/mol. The van der Waals surface area contributed by atoms with Crippen molar-refractivity contribution >= 4 is 5.95 Å². The second kappa shape index (κ2) is 6.43. The van der Waals surface area contributed by atoms with E-state index in [1.807, 2.05) is 24.5 Å². The Morgan fingerprint density at radius 3 is 2.65 bits per heavy atom. The van der Waals surface area contributed by atoms with Crippen LogP contribution in [0.1, 0.15) is 12.8 Å². The van der Waals surface area contributed by atoms with Gasteiger partial charge in [0.25, 0.3) is 0 Å². The minimum atomic E-state index is 0.703. The maximum atomic E-state index is 4.36. The number of anilines is 1. The third kappa shape index (κ3) is 3.30. The monoisotopic (exact) mass is 269 g/mol. The first-order valence-corrected chi connectivity index (χ1v) is 7.09. The molecule has 5 heteroatoms. The lowest BCUT2D eigenvalue weighted by Gasteiger charge is -2.09. The molecule has 0 aliphatic carbocycles. The van der Waals surface area contributed by atoms with Crippen LogP contribution >= 0.6 is 0 Å². The molecule has 0 radical (unpaired) electrons. The topological polar surface area (TPSA) is 62.7 Å². The first-order chi connectivity index (χ1) is 9.92. The van der Waals surface area contributed by atoms with Crippen LogP contribution in [0.15, 0.2) is 36.9 Å². The molecule has 0 bridgehead atoms. The van der Waals surface area contributed by atoms with Gasteiger partial charge in [0.15, 0.2) is 0 Å². The van der Waals surface area contributed by atoms with Gasteiger partial charge in [0.2, 0.25) is 5.95 Å². The van der Waals surface area contributed by atoms with Gasteiger partial charge in [-0.05, 0) is 49.5 Å². The number of hydrogen-bond acceptors (Lipinski definition) is 5. The highest BCUT2D eigenvalue weighted by Gasteiger charge is 2.13. The molecule has 0 amide bonds. The van der Waals surface area contributed by atoms with E-state index >= 15 is 0 Å². The minimum absolute atomic E-state index is 0.703. The highest BCUT2D eigenvalue weighted by Crippen LogP contribution is 2.17. The zero-order valence-corrected chi connectivity index (χ0v) is 11.4. The Labute approximate surface area is 118 Å². The molecule has 0 saturated carbocycles. The SMILES string of the molecule is c1cc(-c2cnc(NCCC3CCNC3)nc2)ccn1. The largest absolute Gasteiger partial charge is 0.354 e. The summed E-state index contributed by atoms with van der Waals surface area (Å²) in [4.78, 5) is 12.7. The molecule has 2 N–H and O–H groups in total. The molecule has 1 unspecified atom stereocenters. The van der Waals surface area contributed by atoms with E-state index in [4.69, 9.17) is 0 Å². The number of rotatable bonds is 5. The van der Waals surface area contributed by atoms with Crippen molar-refractivity contribution in [1.82, 2.24) is 20.3 Å². The van der Waals surface area contributed by atoms with Gasteiger partial charge in [0.05, 0.1) is 0 Å². The smallest absolute Gasteiger partial charge is 0.222 e. The first kappa shape index (κ1) is 13.0. The fourth-order valence-electron chi connectivity index (χ4n) is 2.46. The molecule has 1 saturated heterocycles. The van der Waals surface area contributed by atoms with Crippen LogP contribution in [-0.2, 0) is 0 Å². The predicted molar refractivity (Wildman–Crippen MR) is 79.3 cm³/mol. The summed E-state index contributed by atoms with van der Waals surface area (Å²) in [6, 6.07) is 3.91. The van der Waals surface area contributed by atoms with Crippen LogP contribution in [0.25, 0.3) is 11.1 Å². The molecule has 1 fully saturated rings. The molecule has 0 aromatic carbocycles. The average molecular weight is 269 g/mol. The lowest BCUT2D eigenvalue weighted by molar-refractivity contribution is 0.548. The molecule has 2 aromatic rings. The fraction of sp³-hybridized carbons (Fsp3) is 0.400. The molecule has 3 rings (SSSR count). The van der Waals surface area contributed by atoms with E-state index in [0.29, 0.717) is 5.95 Å². The van der Waals surface area contributed by atoms with Crippen LogP contribution in [0.3, 0.4) is 0 Å². The summed E-state index contributed by atoms with van der Waals surface area (Å²) in [7, 11) is 0. The molecule has 2 aromatic heterocycles. The number of aromatic nitrogens is 3. The summed E-state index contributed by atoms with van der Waals surface area (Å²) in [6.07, 6.45) is 9.70. The Hall–Kier alpha value is -2.01. The molecular formula is C15H19N5. The minimum Gasteiger partial charge on any atom is -0.354 e. The first-order valence-electron chi connectivity index (χ1n) is 7.09. The van der Waals surface area contributed by atoms with Gasteiger partial charge in [-0.1, -0.05) is 0 Å². The second-order valence-electron chi connectivity index (χ2n) is 5.11. The van der Waals surface area contributed by atoms with E-state index in [2.05, 4.69) is 25.6 Å². The molecule has 0 spiro atoms. The number of pyridine rings is 1. The van der Waals surface area contributed by atoms with Crippen molar-refractivity contribution in [3.8, 4) is 11.1 Å². The number of nitrogens with zero attached hydrogens (tertiary/aromatic N) is 3.